The molecule has 0 fully saturated rings. The molecule has 2 aromatic carbocycles. The molecule has 1 aliphatic heterocycles. The highest BCUT2D eigenvalue weighted by Gasteiger charge is 2.22. The highest BCUT2D eigenvalue weighted by atomic mass is 35.5. The Morgan fingerprint density at radius 2 is 1.83 bits per heavy atom. The molecule has 5 heteroatoms. The number of likely N-dealkylation sites (N-methyl/N-ethyl adjacent to an activating group) is 1. The molecule has 1 unspecified atom stereocenters. The molecule has 0 radical (unpaired) electrons. The molecule has 1 atom stereocenters. The van der Waals surface area contributed by atoms with E-state index in [4.69, 9.17) is 16.6 Å². The van der Waals surface area contributed by atoms with E-state index in [9.17, 15) is 0 Å². The summed E-state index contributed by atoms with van der Waals surface area (Å²) in [4.78, 5) is 4.71. The largest absolute Gasteiger partial charge is 0.307 e. The summed E-state index contributed by atoms with van der Waals surface area (Å²) in [6, 6.07) is 18.6. The molecule has 0 amide bonds. The molecule has 0 aliphatic carbocycles. The van der Waals surface area contributed by atoms with Crippen molar-refractivity contribution in [3.8, 4) is 0 Å². The van der Waals surface area contributed by atoms with Crippen molar-refractivity contribution in [3.63, 3.8) is 0 Å². The third-order valence-electron chi connectivity index (χ3n) is 3.91. The van der Waals surface area contributed by atoms with Gasteiger partial charge in [-0.3, -0.25) is 4.99 Å². The van der Waals surface area contributed by atoms with Gasteiger partial charge in [0.15, 0.2) is 0 Å². The van der Waals surface area contributed by atoms with E-state index in [0.717, 1.165) is 30.4 Å². The fraction of sp³-hybridized carbons (Fsp3) is 0.278. The lowest BCUT2D eigenvalue weighted by atomic mass is 9.90. The number of amidine groups is 1. The summed E-state index contributed by atoms with van der Waals surface area (Å²) in [6.07, 6.45) is 0.904. The van der Waals surface area contributed by atoms with Crippen molar-refractivity contribution in [2.45, 2.75) is 12.3 Å². The first kappa shape index (κ1) is 17.8. The molecule has 122 valence electrons. The van der Waals surface area contributed by atoms with E-state index in [0.29, 0.717) is 0 Å². The van der Waals surface area contributed by atoms with Gasteiger partial charge in [-0.25, -0.2) is 5.01 Å². The Labute approximate surface area is 148 Å². The van der Waals surface area contributed by atoms with E-state index in [2.05, 4.69) is 53.9 Å². The molecule has 0 aromatic heterocycles. The van der Waals surface area contributed by atoms with Crippen LogP contribution in [0.5, 0.6) is 0 Å². The number of benzene rings is 2. The Kier molecular flexibility index (Phi) is 6.46. The van der Waals surface area contributed by atoms with Crippen molar-refractivity contribution in [1.29, 1.82) is 0 Å². The lowest BCUT2D eigenvalue weighted by Gasteiger charge is -2.29. The summed E-state index contributed by atoms with van der Waals surface area (Å²) in [5.74, 6) is 1.26. The van der Waals surface area contributed by atoms with Crippen LogP contribution in [0.4, 0.5) is 0 Å². The first-order valence-corrected chi connectivity index (χ1v) is 7.92. The molecule has 3 rings (SSSR count). The number of nitrogens with zero attached hydrogens (tertiary/aromatic N) is 2. The van der Waals surface area contributed by atoms with Crippen LogP contribution in [0.25, 0.3) is 0 Å². The van der Waals surface area contributed by atoms with Crippen LogP contribution in [0.3, 0.4) is 0 Å². The number of rotatable bonds is 4. The molecular formula is C18H21Cl2N3. The van der Waals surface area contributed by atoms with Crippen LogP contribution in [0.15, 0.2) is 59.6 Å². The van der Waals surface area contributed by atoms with Crippen molar-refractivity contribution in [1.82, 2.24) is 10.4 Å². The molecule has 0 spiro atoms. The summed E-state index contributed by atoms with van der Waals surface area (Å²) in [5, 5.41) is 2.87. The molecule has 0 bridgehead atoms. The highest BCUT2D eigenvalue weighted by Crippen LogP contribution is 2.24. The zero-order valence-corrected chi connectivity index (χ0v) is 14.6. The Morgan fingerprint density at radius 1 is 1.13 bits per heavy atom. The zero-order valence-electron chi connectivity index (χ0n) is 13.1. The topological polar surface area (TPSA) is 27.6 Å². The maximum atomic E-state index is 5.99. The maximum absolute atomic E-state index is 5.99. The lowest BCUT2D eigenvalue weighted by Crippen LogP contribution is -2.47. The Balaban J connectivity index is 0.00000192. The average Bonchev–Trinajstić information content (AvgIpc) is 2.55. The van der Waals surface area contributed by atoms with E-state index in [1.165, 1.54) is 11.1 Å². The molecule has 1 heterocycles. The van der Waals surface area contributed by atoms with Gasteiger partial charge in [0.25, 0.3) is 0 Å². The fourth-order valence-corrected chi connectivity index (χ4v) is 2.84. The average molecular weight is 350 g/mol. The summed E-state index contributed by atoms with van der Waals surface area (Å²) >= 11 is 5.99. The first-order chi connectivity index (χ1) is 10.7. The van der Waals surface area contributed by atoms with Gasteiger partial charge in [0, 0.05) is 24.5 Å². The monoisotopic (exact) mass is 349 g/mol. The molecule has 2 aromatic rings. The predicted octanol–water partition coefficient (Wildman–Crippen LogP) is 3.94. The van der Waals surface area contributed by atoms with Crippen LogP contribution < -0.4 is 5.43 Å². The number of aliphatic imine (C=N–C) groups is 1. The quantitative estimate of drug-likeness (QED) is 0.905. The van der Waals surface area contributed by atoms with E-state index < -0.39 is 0 Å². The fourth-order valence-electron chi connectivity index (χ4n) is 2.71. The van der Waals surface area contributed by atoms with Crippen LogP contribution in [0, 0.1) is 0 Å². The standard InChI is InChI=1S/C18H20ClN3.ClH/c1-22-12-11-20-18(21-22)17(15-5-3-2-4-6-15)13-14-7-9-16(19)10-8-14;/h2-10,17H,11-13H2,1H3,(H,20,21);1H. The van der Waals surface area contributed by atoms with Crippen LogP contribution >= 0.6 is 24.0 Å². The normalized spacial score (nSPS) is 16.0. The van der Waals surface area contributed by atoms with Gasteiger partial charge in [0.05, 0.1) is 6.54 Å². The van der Waals surface area contributed by atoms with Crippen LogP contribution in [0.2, 0.25) is 5.02 Å². The van der Waals surface area contributed by atoms with Crippen LogP contribution in [-0.4, -0.2) is 31.0 Å². The highest BCUT2D eigenvalue weighted by molar-refractivity contribution is 6.30. The number of hydrogen-bond donors (Lipinski definition) is 1. The second kappa shape index (κ2) is 8.34. The van der Waals surface area contributed by atoms with Gasteiger partial charge in [-0.15, -0.1) is 12.4 Å². The SMILES string of the molecule is CN1CCN=C(C(Cc2ccc(Cl)cc2)c2ccccc2)N1.Cl. The first-order valence-electron chi connectivity index (χ1n) is 7.54. The number of hydrazine groups is 1. The van der Waals surface area contributed by atoms with Crippen LogP contribution in [-0.2, 0) is 6.42 Å². The van der Waals surface area contributed by atoms with E-state index in [-0.39, 0.29) is 18.3 Å². The minimum absolute atomic E-state index is 0. The Morgan fingerprint density at radius 3 is 2.48 bits per heavy atom. The van der Waals surface area contributed by atoms with Crippen molar-refractivity contribution in [2.24, 2.45) is 4.99 Å². The smallest absolute Gasteiger partial charge is 0.119 e. The summed E-state index contributed by atoms with van der Waals surface area (Å²) in [7, 11) is 2.05. The van der Waals surface area contributed by atoms with Gasteiger partial charge in [0.2, 0.25) is 0 Å². The van der Waals surface area contributed by atoms with Gasteiger partial charge in [-0.05, 0) is 29.7 Å². The van der Waals surface area contributed by atoms with Gasteiger partial charge >= 0.3 is 0 Å². The second-order valence-electron chi connectivity index (χ2n) is 5.59. The summed E-state index contributed by atoms with van der Waals surface area (Å²) < 4.78 is 0. The molecule has 1 N–H and O–H groups in total. The minimum Gasteiger partial charge on any atom is -0.307 e. The number of nitrogens with one attached hydrogen (secondary N) is 1. The Hall–Kier alpha value is -1.55. The lowest BCUT2D eigenvalue weighted by molar-refractivity contribution is 0.282. The minimum atomic E-state index is 0. The molecule has 1 aliphatic rings. The molecule has 0 saturated heterocycles. The third-order valence-corrected chi connectivity index (χ3v) is 4.16. The third kappa shape index (κ3) is 4.71. The predicted molar refractivity (Wildman–Crippen MR) is 99.7 cm³/mol. The summed E-state index contributed by atoms with van der Waals surface area (Å²) in [6.45, 7) is 1.77. The molecule has 23 heavy (non-hydrogen) atoms. The van der Waals surface area contributed by atoms with Gasteiger partial charge in [-0.2, -0.15) is 0 Å². The van der Waals surface area contributed by atoms with E-state index >= 15 is 0 Å². The van der Waals surface area contributed by atoms with E-state index in [1.807, 2.05) is 18.2 Å². The van der Waals surface area contributed by atoms with Crippen molar-refractivity contribution in [2.75, 3.05) is 20.1 Å². The zero-order chi connectivity index (χ0) is 15.4. The van der Waals surface area contributed by atoms with Gasteiger partial charge in [-0.1, -0.05) is 54.1 Å². The molecule has 3 nitrogen and oxygen atoms in total. The Bertz CT molecular complexity index is 641. The van der Waals surface area contributed by atoms with Crippen molar-refractivity contribution < 1.29 is 0 Å². The van der Waals surface area contributed by atoms with Crippen molar-refractivity contribution >= 4 is 29.8 Å². The van der Waals surface area contributed by atoms with E-state index in [1.54, 1.807) is 0 Å². The van der Waals surface area contributed by atoms with Crippen LogP contribution in [0.1, 0.15) is 17.0 Å². The number of halogens is 2. The summed E-state index contributed by atoms with van der Waals surface area (Å²) in [5.41, 5.74) is 5.94. The molecule has 0 saturated carbocycles. The second-order valence-corrected chi connectivity index (χ2v) is 6.03. The number of hydrogen-bond acceptors (Lipinski definition) is 3. The van der Waals surface area contributed by atoms with Gasteiger partial charge < -0.3 is 5.43 Å². The maximum Gasteiger partial charge on any atom is 0.119 e. The van der Waals surface area contributed by atoms with Gasteiger partial charge in [0.1, 0.15) is 5.84 Å². The molecular weight excluding hydrogens is 329 g/mol. The van der Waals surface area contributed by atoms with Crippen molar-refractivity contribution in [3.05, 3.63) is 70.7 Å².